The molecule has 2 N–H and O–H groups in total. The highest BCUT2D eigenvalue weighted by molar-refractivity contribution is 5.71. The fourth-order valence-corrected chi connectivity index (χ4v) is 1.95. The summed E-state index contributed by atoms with van der Waals surface area (Å²) in [7, 11) is 1.63. The highest BCUT2D eigenvalue weighted by Gasteiger charge is 2.31. The number of carbonyl (C=O) groups is 1. The Bertz CT molecular complexity index is 546. The minimum Gasteiger partial charge on any atom is -0.497 e. The molecule has 0 unspecified atom stereocenters. The summed E-state index contributed by atoms with van der Waals surface area (Å²) >= 11 is 0. The highest BCUT2D eigenvalue weighted by Crippen LogP contribution is 2.12. The number of amides is 1. The van der Waals surface area contributed by atoms with Crippen LogP contribution in [0.15, 0.2) is 24.3 Å². The summed E-state index contributed by atoms with van der Waals surface area (Å²) in [6.45, 7) is 0.755. The average Bonchev–Trinajstić information content (AvgIpc) is 2.91. The van der Waals surface area contributed by atoms with Gasteiger partial charge in [0.05, 0.1) is 26.9 Å². The van der Waals surface area contributed by atoms with Crippen LogP contribution in [0.25, 0.3) is 0 Å². The number of rotatable bonds is 6. The zero-order valence-electron chi connectivity index (χ0n) is 12.4. The van der Waals surface area contributed by atoms with Crippen LogP contribution in [-0.4, -0.2) is 43.7 Å². The number of ether oxygens (including phenoxy) is 3. The molecule has 1 fully saturated rings. The molecule has 0 aliphatic carbocycles. The van der Waals surface area contributed by atoms with Crippen molar-refractivity contribution in [1.29, 1.82) is 0 Å². The van der Waals surface area contributed by atoms with Crippen LogP contribution in [0, 0.1) is 11.8 Å². The number of carbonyl (C=O) groups excluding carboxylic acids is 1. The van der Waals surface area contributed by atoms with Gasteiger partial charge in [0.25, 0.3) is 0 Å². The van der Waals surface area contributed by atoms with E-state index in [0.29, 0.717) is 19.6 Å². The first-order valence-corrected chi connectivity index (χ1v) is 7.00. The third-order valence-corrected chi connectivity index (χ3v) is 3.14. The second-order valence-electron chi connectivity index (χ2n) is 4.72. The summed E-state index contributed by atoms with van der Waals surface area (Å²) in [5.74, 6) is 6.59. The molecule has 1 amide bonds. The minimum absolute atomic E-state index is 0.244. The topological polar surface area (TPSA) is 77.0 Å². The van der Waals surface area contributed by atoms with Gasteiger partial charge in [-0.3, -0.25) is 0 Å². The maximum absolute atomic E-state index is 11.0. The second-order valence-corrected chi connectivity index (χ2v) is 4.72. The van der Waals surface area contributed by atoms with Crippen LogP contribution in [0.3, 0.4) is 0 Å². The van der Waals surface area contributed by atoms with Gasteiger partial charge in [-0.1, -0.05) is 24.0 Å². The Labute approximate surface area is 129 Å². The Balaban J connectivity index is 1.67. The molecule has 0 saturated carbocycles. The van der Waals surface area contributed by atoms with Crippen molar-refractivity contribution in [3.05, 3.63) is 29.8 Å². The van der Waals surface area contributed by atoms with E-state index in [2.05, 4.69) is 17.2 Å². The molecule has 1 aromatic carbocycles. The molecule has 118 valence electrons. The average molecular weight is 305 g/mol. The Hall–Kier alpha value is -2.23. The number of hydrogen-bond donors (Lipinski definition) is 2. The number of aliphatic hydroxyl groups is 1. The molecule has 1 saturated heterocycles. The summed E-state index contributed by atoms with van der Waals surface area (Å²) in [5.41, 5.74) is 1.06. The summed E-state index contributed by atoms with van der Waals surface area (Å²) in [5, 5.41) is 11.6. The van der Waals surface area contributed by atoms with E-state index >= 15 is 0 Å². The smallest absolute Gasteiger partial charge is 0.408 e. The van der Waals surface area contributed by atoms with E-state index in [4.69, 9.17) is 19.3 Å². The first kappa shape index (κ1) is 16.1. The van der Waals surface area contributed by atoms with Crippen molar-refractivity contribution in [2.75, 3.05) is 20.3 Å². The first-order chi connectivity index (χ1) is 10.7. The van der Waals surface area contributed by atoms with Crippen molar-refractivity contribution in [1.82, 2.24) is 5.32 Å². The quantitative estimate of drug-likeness (QED) is 0.607. The molecule has 6 nitrogen and oxygen atoms in total. The van der Waals surface area contributed by atoms with E-state index in [1.807, 2.05) is 24.3 Å². The van der Waals surface area contributed by atoms with E-state index < -0.39 is 18.2 Å². The molecular formula is C16H19NO5. The monoisotopic (exact) mass is 305 g/mol. The van der Waals surface area contributed by atoms with E-state index in [1.54, 1.807) is 7.11 Å². The predicted octanol–water partition coefficient (Wildman–Crippen LogP) is 1.07. The molecule has 0 bridgehead atoms. The van der Waals surface area contributed by atoms with Gasteiger partial charge in [-0.05, 0) is 17.7 Å². The third-order valence-electron chi connectivity index (χ3n) is 3.14. The van der Waals surface area contributed by atoms with Crippen LogP contribution in [0.1, 0.15) is 12.0 Å². The van der Waals surface area contributed by atoms with Crippen molar-refractivity contribution < 1.29 is 24.1 Å². The Morgan fingerprint density at radius 3 is 2.82 bits per heavy atom. The van der Waals surface area contributed by atoms with E-state index in [9.17, 15) is 4.79 Å². The minimum atomic E-state index is -0.597. The van der Waals surface area contributed by atoms with Gasteiger partial charge >= 0.3 is 6.09 Å². The largest absolute Gasteiger partial charge is 0.497 e. The lowest BCUT2D eigenvalue weighted by Gasteiger charge is -2.07. The molecule has 2 rings (SSSR count). The summed E-state index contributed by atoms with van der Waals surface area (Å²) in [6, 6.07) is 7.20. The van der Waals surface area contributed by atoms with Crippen molar-refractivity contribution in [2.24, 2.45) is 0 Å². The van der Waals surface area contributed by atoms with Crippen molar-refractivity contribution in [3.8, 4) is 17.6 Å². The fraction of sp³-hybridized carbons (Fsp3) is 0.438. The lowest BCUT2D eigenvalue weighted by Crippen LogP contribution is -2.32. The fourth-order valence-electron chi connectivity index (χ4n) is 1.95. The first-order valence-electron chi connectivity index (χ1n) is 7.00. The van der Waals surface area contributed by atoms with Crippen LogP contribution in [0.4, 0.5) is 4.79 Å². The number of hydrogen-bond acceptors (Lipinski definition) is 5. The normalized spacial score (nSPS) is 19.8. The molecule has 6 heteroatoms. The Kier molecular flexibility index (Phi) is 6.07. The maximum atomic E-state index is 11.0. The number of methoxy groups -OCH3 is 1. The van der Waals surface area contributed by atoms with Gasteiger partial charge in [-0.25, -0.2) is 4.79 Å². The van der Waals surface area contributed by atoms with Gasteiger partial charge in [-0.2, -0.15) is 0 Å². The van der Waals surface area contributed by atoms with E-state index in [-0.39, 0.29) is 6.61 Å². The van der Waals surface area contributed by atoms with Gasteiger partial charge in [0.2, 0.25) is 0 Å². The van der Waals surface area contributed by atoms with Gasteiger partial charge in [0.1, 0.15) is 11.8 Å². The van der Waals surface area contributed by atoms with Gasteiger partial charge in [0.15, 0.2) is 6.10 Å². The lowest BCUT2D eigenvalue weighted by molar-refractivity contribution is 0.0896. The van der Waals surface area contributed by atoms with Crippen molar-refractivity contribution in [2.45, 2.75) is 25.2 Å². The zero-order valence-corrected chi connectivity index (χ0v) is 12.4. The molecule has 0 spiro atoms. The number of aliphatic hydroxyl groups excluding tert-OH is 1. The maximum Gasteiger partial charge on any atom is 0.408 e. The van der Waals surface area contributed by atoms with Crippen LogP contribution >= 0.6 is 0 Å². The van der Waals surface area contributed by atoms with Crippen LogP contribution in [0.5, 0.6) is 5.75 Å². The van der Waals surface area contributed by atoms with Crippen LogP contribution in [0.2, 0.25) is 0 Å². The molecule has 22 heavy (non-hydrogen) atoms. The van der Waals surface area contributed by atoms with Gasteiger partial charge < -0.3 is 24.6 Å². The van der Waals surface area contributed by atoms with Crippen molar-refractivity contribution >= 4 is 6.09 Å². The summed E-state index contributed by atoms with van der Waals surface area (Å²) in [4.78, 5) is 11.0. The highest BCUT2D eigenvalue weighted by atomic mass is 16.6. The molecule has 1 aromatic rings. The van der Waals surface area contributed by atoms with Gasteiger partial charge in [-0.15, -0.1) is 0 Å². The molecule has 0 radical (unpaired) electrons. The number of benzene rings is 1. The summed E-state index contributed by atoms with van der Waals surface area (Å²) in [6.07, 6.45) is -0.602. The van der Waals surface area contributed by atoms with Crippen LogP contribution < -0.4 is 10.1 Å². The van der Waals surface area contributed by atoms with E-state index in [0.717, 1.165) is 11.3 Å². The number of alkyl carbamates (subject to hydrolysis) is 1. The molecule has 1 heterocycles. The zero-order chi connectivity index (χ0) is 15.8. The van der Waals surface area contributed by atoms with Crippen LogP contribution in [-0.2, 0) is 16.1 Å². The third kappa shape index (κ3) is 4.65. The van der Waals surface area contributed by atoms with Gasteiger partial charge in [0, 0.05) is 6.42 Å². The molecule has 2 atom stereocenters. The second kappa shape index (κ2) is 8.27. The standard InChI is InChI=1S/C16H19NO5/c1-20-13-7-5-12(6-8-13)11-21-9-3-2-4-14-15(10-18)22-16(19)17-14/h5-8,14-15,18H,3,9-11H2,1H3,(H,17,19)/t14-,15+/m0/s1. The molecule has 1 aliphatic heterocycles. The predicted molar refractivity (Wildman–Crippen MR) is 79.3 cm³/mol. The Morgan fingerprint density at radius 2 is 2.14 bits per heavy atom. The Morgan fingerprint density at radius 1 is 1.36 bits per heavy atom. The SMILES string of the molecule is COc1ccc(COCCC#C[C@@H]2NC(=O)O[C@@H]2CO)cc1. The number of cyclic esters (lactones) is 1. The van der Waals surface area contributed by atoms with E-state index in [1.165, 1.54) is 0 Å². The summed E-state index contributed by atoms with van der Waals surface area (Å²) < 4.78 is 15.4. The molecular weight excluding hydrogens is 286 g/mol. The number of nitrogens with one attached hydrogen (secondary N) is 1. The molecule has 1 aliphatic rings. The molecule has 0 aromatic heterocycles. The van der Waals surface area contributed by atoms with Crippen molar-refractivity contribution in [3.63, 3.8) is 0 Å². The lowest BCUT2D eigenvalue weighted by atomic mass is 10.2.